The number of sulfonamides is 1. The van der Waals surface area contributed by atoms with Gasteiger partial charge in [0.1, 0.15) is 0 Å². The Kier molecular flexibility index (Phi) is 6.72. The fourth-order valence-electron chi connectivity index (χ4n) is 3.90. The van der Waals surface area contributed by atoms with Crippen molar-refractivity contribution < 1.29 is 22.7 Å². The molecular formula is C24H25N3O5S2. The minimum Gasteiger partial charge on any atom is -0.465 e. The van der Waals surface area contributed by atoms with Gasteiger partial charge in [0, 0.05) is 30.8 Å². The molecule has 1 N–H and O–H groups in total. The Balaban J connectivity index is 1.52. The Morgan fingerprint density at radius 3 is 2.59 bits per heavy atom. The lowest BCUT2D eigenvalue weighted by molar-refractivity contribution is -0.140. The topological polar surface area (TPSA) is 106 Å². The van der Waals surface area contributed by atoms with Crippen LogP contribution in [0.25, 0.3) is 0 Å². The monoisotopic (exact) mass is 499 g/mol. The van der Waals surface area contributed by atoms with Gasteiger partial charge in [0.15, 0.2) is 5.13 Å². The Hall–Kier alpha value is -3.24. The van der Waals surface area contributed by atoms with Crippen LogP contribution in [0.3, 0.4) is 0 Å². The van der Waals surface area contributed by atoms with E-state index in [0.29, 0.717) is 41.5 Å². The summed E-state index contributed by atoms with van der Waals surface area (Å²) in [5, 5.41) is 4.97. The number of nitrogens with one attached hydrogen (secondary N) is 1. The fourth-order valence-corrected chi connectivity index (χ4v) is 6.32. The number of amides is 1. The number of hydrogen-bond acceptors (Lipinski definition) is 7. The molecule has 3 aromatic rings. The molecule has 0 radical (unpaired) electrons. The maximum Gasteiger partial charge on any atom is 0.302 e. The molecule has 2 heterocycles. The number of thiazole rings is 1. The van der Waals surface area contributed by atoms with E-state index in [1.807, 2.05) is 19.9 Å². The minimum atomic E-state index is -3.75. The molecule has 2 aromatic carbocycles. The van der Waals surface area contributed by atoms with Crippen molar-refractivity contribution in [2.24, 2.45) is 0 Å². The molecule has 1 amide bonds. The normalized spacial score (nSPS) is 13.0. The number of carbonyl (C=O) groups is 2. The summed E-state index contributed by atoms with van der Waals surface area (Å²) in [5.74, 6) is -0.728. The van der Waals surface area contributed by atoms with E-state index in [2.05, 4.69) is 10.3 Å². The number of carbonyl (C=O) groups excluding carboxylic acids is 2. The van der Waals surface area contributed by atoms with Crippen LogP contribution in [0.1, 0.15) is 39.7 Å². The molecule has 0 fully saturated rings. The Morgan fingerprint density at radius 2 is 1.88 bits per heavy atom. The Bertz CT molecular complexity index is 1340. The predicted molar refractivity (Wildman–Crippen MR) is 131 cm³/mol. The molecule has 178 valence electrons. The van der Waals surface area contributed by atoms with Gasteiger partial charge in [0.25, 0.3) is 15.9 Å². The first-order valence-electron chi connectivity index (χ1n) is 10.8. The van der Waals surface area contributed by atoms with Gasteiger partial charge in [-0.3, -0.25) is 19.2 Å². The molecule has 1 aromatic heterocycles. The van der Waals surface area contributed by atoms with Crippen molar-refractivity contribution in [3.8, 4) is 0 Å². The number of benzene rings is 2. The number of aryl methyl sites for hydroxylation is 2. The van der Waals surface area contributed by atoms with E-state index in [4.69, 9.17) is 4.74 Å². The van der Waals surface area contributed by atoms with Crippen LogP contribution in [0.5, 0.6) is 0 Å². The molecule has 10 heteroatoms. The van der Waals surface area contributed by atoms with Crippen molar-refractivity contribution in [3.05, 3.63) is 69.7 Å². The van der Waals surface area contributed by atoms with Gasteiger partial charge in [0.2, 0.25) is 0 Å². The molecule has 0 bridgehead atoms. The zero-order valence-corrected chi connectivity index (χ0v) is 20.8. The molecule has 8 nitrogen and oxygen atoms in total. The summed E-state index contributed by atoms with van der Waals surface area (Å²) in [6.45, 7) is 5.63. The van der Waals surface area contributed by atoms with Crippen LogP contribution in [-0.4, -0.2) is 38.4 Å². The highest BCUT2D eigenvalue weighted by Gasteiger charge is 2.31. The standard InChI is InChI=1S/C24H25N3O5S2/c1-15-10-16(2)12-21(11-15)34(30,31)27-8-6-18-4-5-19(13-22(18)27)23(29)26-24-25-20(14-33-24)7-9-32-17(3)28/h4-5,10-14H,6-9H2,1-3H3,(H,25,26,29). The van der Waals surface area contributed by atoms with E-state index in [9.17, 15) is 18.0 Å². The van der Waals surface area contributed by atoms with E-state index < -0.39 is 10.0 Å². The smallest absolute Gasteiger partial charge is 0.302 e. The molecule has 1 aliphatic heterocycles. The second kappa shape index (κ2) is 9.55. The van der Waals surface area contributed by atoms with Crippen molar-refractivity contribution >= 4 is 44.1 Å². The number of nitrogens with zero attached hydrogens (tertiary/aromatic N) is 2. The third-order valence-electron chi connectivity index (χ3n) is 5.42. The van der Waals surface area contributed by atoms with Crippen LogP contribution in [0.2, 0.25) is 0 Å². The van der Waals surface area contributed by atoms with E-state index in [0.717, 1.165) is 16.7 Å². The molecule has 0 saturated carbocycles. The first-order chi connectivity index (χ1) is 16.1. The number of ether oxygens (including phenoxy) is 1. The van der Waals surface area contributed by atoms with Crippen molar-refractivity contribution in [2.45, 2.75) is 38.5 Å². The maximum atomic E-state index is 13.4. The zero-order valence-electron chi connectivity index (χ0n) is 19.1. The SMILES string of the molecule is CC(=O)OCCc1csc(NC(=O)c2ccc3c(c2)N(S(=O)(=O)c2cc(C)cc(C)c2)CC3)n1. The van der Waals surface area contributed by atoms with Crippen LogP contribution in [-0.2, 0) is 32.4 Å². The van der Waals surface area contributed by atoms with Crippen LogP contribution < -0.4 is 9.62 Å². The summed E-state index contributed by atoms with van der Waals surface area (Å²) in [5.41, 5.74) is 4.21. The highest BCUT2D eigenvalue weighted by Crippen LogP contribution is 2.34. The third-order valence-corrected chi connectivity index (χ3v) is 8.02. The number of hydrogen-bond donors (Lipinski definition) is 1. The highest BCUT2D eigenvalue weighted by atomic mass is 32.2. The number of rotatable bonds is 7. The van der Waals surface area contributed by atoms with E-state index in [1.165, 1.54) is 22.6 Å². The number of anilines is 2. The molecule has 0 unspecified atom stereocenters. The van der Waals surface area contributed by atoms with Gasteiger partial charge in [-0.2, -0.15) is 0 Å². The first kappa shape index (κ1) is 23.9. The van der Waals surface area contributed by atoms with Crippen molar-refractivity contribution in [3.63, 3.8) is 0 Å². The van der Waals surface area contributed by atoms with E-state index in [-0.39, 0.29) is 23.4 Å². The van der Waals surface area contributed by atoms with E-state index >= 15 is 0 Å². The largest absolute Gasteiger partial charge is 0.465 e. The van der Waals surface area contributed by atoms with Crippen molar-refractivity contribution in [1.82, 2.24) is 4.98 Å². The molecule has 1 aliphatic rings. The van der Waals surface area contributed by atoms with Gasteiger partial charge in [0.05, 0.1) is 22.9 Å². The predicted octanol–water partition coefficient (Wildman–Crippen LogP) is 3.87. The number of aromatic nitrogens is 1. The van der Waals surface area contributed by atoms with Crippen LogP contribution >= 0.6 is 11.3 Å². The lowest BCUT2D eigenvalue weighted by Gasteiger charge is -2.20. The average molecular weight is 500 g/mol. The summed E-state index contributed by atoms with van der Waals surface area (Å²) in [7, 11) is -3.75. The van der Waals surface area contributed by atoms with Crippen molar-refractivity contribution in [2.75, 3.05) is 22.8 Å². The Morgan fingerprint density at radius 1 is 1.15 bits per heavy atom. The van der Waals surface area contributed by atoms with Crippen LogP contribution in [0, 0.1) is 13.8 Å². The first-order valence-corrected chi connectivity index (χ1v) is 13.1. The molecule has 0 spiro atoms. The lowest BCUT2D eigenvalue weighted by atomic mass is 10.1. The van der Waals surface area contributed by atoms with E-state index in [1.54, 1.807) is 35.7 Å². The minimum absolute atomic E-state index is 0.224. The summed E-state index contributed by atoms with van der Waals surface area (Å²) in [6, 6.07) is 10.4. The van der Waals surface area contributed by atoms with Crippen molar-refractivity contribution in [1.29, 1.82) is 0 Å². The second-order valence-corrected chi connectivity index (χ2v) is 10.9. The van der Waals surface area contributed by atoms with Crippen LogP contribution in [0.4, 0.5) is 10.8 Å². The maximum absolute atomic E-state index is 13.4. The van der Waals surface area contributed by atoms with Crippen LogP contribution in [0.15, 0.2) is 46.7 Å². The molecule has 0 saturated heterocycles. The van der Waals surface area contributed by atoms with Gasteiger partial charge in [-0.1, -0.05) is 12.1 Å². The lowest BCUT2D eigenvalue weighted by Crippen LogP contribution is -2.29. The van der Waals surface area contributed by atoms with Gasteiger partial charge >= 0.3 is 5.97 Å². The summed E-state index contributed by atoms with van der Waals surface area (Å²) in [4.78, 5) is 28.3. The quantitative estimate of drug-likeness (QED) is 0.495. The van der Waals surface area contributed by atoms with Gasteiger partial charge in [-0.15, -0.1) is 11.3 Å². The fraction of sp³-hybridized carbons (Fsp3) is 0.292. The average Bonchev–Trinajstić information content (AvgIpc) is 3.39. The van der Waals surface area contributed by atoms with Gasteiger partial charge in [-0.25, -0.2) is 13.4 Å². The summed E-state index contributed by atoms with van der Waals surface area (Å²) in [6.07, 6.45) is 1.04. The summed E-state index contributed by atoms with van der Waals surface area (Å²) >= 11 is 1.27. The molecular weight excluding hydrogens is 474 g/mol. The number of fused-ring (bicyclic) bond motifs is 1. The summed E-state index contributed by atoms with van der Waals surface area (Å²) < 4.78 is 33.1. The molecule has 0 aliphatic carbocycles. The second-order valence-electron chi connectivity index (χ2n) is 8.18. The molecule has 34 heavy (non-hydrogen) atoms. The molecule has 4 rings (SSSR count). The third kappa shape index (κ3) is 5.13. The zero-order chi connectivity index (χ0) is 24.5. The Labute approximate surface area is 202 Å². The highest BCUT2D eigenvalue weighted by molar-refractivity contribution is 7.92. The molecule has 0 atom stereocenters. The van der Waals surface area contributed by atoms with Gasteiger partial charge < -0.3 is 4.74 Å². The van der Waals surface area contributed by atoms with Gasteiger partial charge in [-0.05, 0) is 61.2 Å². The number of esters is 1.